The van der Waals surface area contributed by atoms with E-state index in [-0.39, 0.29) is 5.91 Å². The summed E-state index contributed by atoms with van der Waals surface area (Å²) < 4.78 is 7.75. The van der Waals surface area contributed by atoms with Crippen LogP contribution in [0.15, 0.2) is 54.9 Å². The van der Waals surface area contributed by atoms with Gasteiger partial charge in [0.1, 0.15) is 5.75 Å². The maximum Gasteiger partial charge on any atom is 0.260 e. The number of rotatable bonds is 7. The van der Waals surface area contributed by atoms with Crippen molar-refractivity contribution in [3.05, 3.63) is 66.1 Å². The number of nitrogens with one attached hydrogen (secondary N) is 1. The predicted molar refractivity (Wildman–Crippen MR) is 112 cm³/mol. The molecule has 2 heterocycles. The summed E-state index contributed by atoms with van der Waals surface area (Å²) in [6.07, 6.45) is 7.53. The van der Waals surface area contributed by atoms with Gasteiger partial charge in [0.15, 0.2) is 6.10 Å². The van der Waals surface area contributed by atoms with E-state index in [0.29, 0.717) is 18.8 Å². The molecule has 0 radical (unpaired) electrons. The molecule has 1 atom stereocenters. The average molecular weight is 390 g/mol. The zero-order valence-electron chi connectivity index (χ0n) is 16.7. The van der Waals surface area contributed by atoms with E-state index >= 15 is 0 Å². The number of nitrogens with zero attached hydrogens (tertiary/aromatic N) is 3. The predicted octanol–water partition coefficient (Wildman–Crippen LogP) is 3.41. The Morgan fingerprint density at radius 2 is 1.90 bits per heavy atom. The number of hydrogen-bond donors (Lipinski definition) is 1. The summed E-state index contributed by atoms with van der Waals surface area (Å²) >= 11 is 0. The normalized spacial score (nSPS) is 14.1. The van der Waals surface area contributed by atoms with Gasteiger partial charge in [-0.05, 0) is 56.9 Å². The molecule has 1 aliphatic rings. The Hall–Kier alpha value is -3.15. The summed E-state index contributed by atoms with van der Waals surface area (Å²) in [5.41, 5.74) is 4.79. The van der Waals surface area contributed by atoms with Crippen molar-refractivity contribution in [1.29, 1.82) is 0 Å². The second-order valence-corrected chi connectivity index (χ2v) is 7.30. The van der Waals surface area contributed by atoms with E-state index in [1.165, 1.54) is 24.1 Å². The molecule has 6 heteroatoms. The third kappa shape index (κ3) is 4.47. The molecule has 1 unspecified atom stereocenters. The summed E-state index contributed by atoms with van der Waals surface area (Å²) in [6, 6.07) is 13.4. The minimum atomic E-state index is -0.545. The fraction of sp³-hybridized carbons (Fsp3) is 0.348. The van der Waals surface area contributed by atoms with Crippen LogP contribution in [0.2, 0.25) is 0 Å². The van der Waals surface area contributed by atoms with Crippen molar-refractivity contribution in [2.75, 3.05) is 6.54 Å². The molecule has 1 aromatic carbocycles. The molecule has 150 valence electrons. The molecule has 2 aromatic heterocycles. The first-order chi connectivity index (χ1) is 14.2. The molecule has 0 fully saturated rings. The number of fused-ring (bicyclic) bond motifs is 1. The van der Waals surface area contributed by atoms with Crippen molar-refractivity contribution in [2.24, 2.45) is 0 Å². The molecule has 0 saturated carbocycles. The molecule has 6 nitrogen and oxygen atoms in total. The Kier molecular flexibility index (Phi) is 5.89. The molecule has 0 aliphatic heterocycles. The van der Waals surface area contributed by atoms with Crippen LogP contribution < -0.4 is 10.1 Å². The summed E-state index contributed by atoms with van der Waals surface area (Å²) in [5, 5.41) is 7.85. The number of pyridine rings is 1. The van der Waals surface area contributed by atoms with Crippen LogP contribution in [0.1, 0.15) is 31.0 Å². The highest BCUT2D eigenvalue weighted by Crippen LogP contribution is 2.30. The monoisotopic (exact) mass is 390 g/mol. The third-order valence-corrected chi connectivity index (χ3v) is 5.26. The first-order valence-electron chi connectivity index (χ1n) is 10.2. The first kappa shape index (κ1) is 19.2. The van der Waals surface area contributed by atoms with Crippen LogP contribution in [-0.2, 0) is 24.2 Å². The first-order valence-corrected chi connectivity index (χ1v) is 10.2. The van der Waals surface area contributed by atoms with Crippen LogP contribution in [-0.4, -0.2) is 33.3 Å². The maximum atomic E-state index is 12.4. The zero-order valence-corrected chi connectivity index (χ0v) is 16.7. The molecule has 29 heavy (non-hydrogen) atoms. The number of carbonyl (C=O) groups excluding carboxylic acids is 1. The van der Waals surface area contributed by atoms with Gasteiger partial charge >= 0.3 is 0 Å². The lowest BCUT2D eigenvalue weighted by Crippen LogP contribution is -2.38. The number of amides is 1. The summed E-state index contributed by atoms with van der Waals surface area (Å²) in [5.74, 6) is 0.572. The van der Waals surface area contributed by atoms with Crippen LogP contribution in [0.25, 0.3) is 11.3 Å². The number of aromatic nitrogens is 3. The quantitative estimate of drug-likeness (QED) is 0.671. The van der Waals surface area contributed by atoms with Crippen LogP contribution >= 0.6 is 0 Å². The SMILES string of the molecule is CC(Oc1ccccc1)C(=O)NCCn1nc(-c2ccncc2)c2c1CCCC2. The van der Waals surface area contributed by atoms with Gasteiger partial charge in [-0.1, -0.05) is 18.2 Å². The molecule has 1 aliphatic carbocycles. The standard InChI is InChI=1S/C23H26N4O2/c1-17(29-19-7-3-2-4-8-19)23(28)25-15-16-27-21-10-6-5-9-20(21)22(26-27)18-11-13-24-14-12-18/h2-4,7-8,11-14,17H,5-6,9-10,15-16H2,1H3,(H,25,28). The highest BCUT2D eigenvalue weighted by atomic mass is 16.5. The van der Waals surface area contributed by atoms with Gasteiger partial charge in [0.25, 0.3) is 5.91 Å². The van der Waals surface area contributed by atoms with E-state index in [9.17, 15) is 4.79 Å². The van der Waals surface area contributed by atoms with E-state index in [1.54, 1.807) is 19.3 Å². The molecule has 4 rings (SSSR count). The van der Waals surface area contributed by atoms with E-state index < -0.39 is 6.10 Å². The Balaban J connectivity index is 1.40. The average Bonchev–Trinajstić information content (AvgIpc) is 3.14. The number of benzene rings is 1. The van der Waals surface area contributed by atoms with Crippen molar-refractivity contribution in [2.45, 2.75) is 45.3 Å². The number of hydrogen-bond acceptors (Lipinski definition) is 4. The van der Waals surface area contributed by atoms with Gasteiger partial charge in [0.05, 0.1) is 12.2 Å². The minimum absolute atomic E-state index is 0.121. The van der Waals surface area contributed by atoms with Crippen molar-refractivity contribution in [3.8, 4) is 17.0 Å². The molecule has 0 saturated heterocycles. The van der Waals surface area contributed by atoms with Gasteiger partial charge in [-0.25, -0.2) is 0 Å². The highest BCUT2D eigenvalue weighted by Gasteiger charge is 2.22. The molecule has 1 N–H and O–H groups in total. The minimum Gasteiger partial charge on any atom is -0.481 e. The molecule has 3 aromatic rings. The van der Waals surface area contributed by atoms with Crippen molar-refractivity contribution >= 4 is 5.91 Å². The van der Waals surface area contributed by atoms with E-state index in [0.717, 1.165) is 24.1 Å². The Morgan fingerprint density at radius 1 is 1.14 bits per heavy atom. The van der Waals surface area contributed by atoms with Crippen LogP contribution in [0.5, 0.6) is 5.75 Å². The summed E-state index contributed by atoms with van der Waals surface area (Å²) in [7, 11) is 0. The van der Waals surface area contributed by atoms with Gasteiger partial charge in [-0.15, -0.1) is 0 Å². The van der Waals surface area contributed by atoms with Crippen LogP contribution in [0, 0.1) is 0 Å². The number of ether oxygens (including phenoxy) is 1. The molecular formula is C23H26N4O2. The number of carbonyl (C=O) groups is 1. The highest BCUT2D eigenvalue weighted by molar-refractivity contribution is 5.80. The van der Waals surface area contributed by atoms with Gasteiger partial charge in [0, 0.05) is 35.8 Å². The second-order valence-electron chi connectivity index (χ2n) is 7.30. The summed E-state index contributed by atoms with van der Waals surface area (Å²) in [6.45, 7) is 2.93. The van der Waals surface area contributed by atoms with Gasteiger partial charge in [0.2, 0.25) is 0 Å². The van der Waals surface area contributed by atoms with Gasteiger partial charge in [-0.2, -0.15) is 5.10 Å². The fourth-order valence-corrected chi connectivity index (χ4v) is 3.78. The molecule has 0 bridgehead atoms. The Bertz CT molecular complexity index is 954. The van der Waals surface area contributed by atoms with Crippen LogP contribution in [0.4, 0.5) is 0 Å². The van der Waals surface area contributed by atoms with Crippen molar-refractivity contribution in [3.63, 3.8) is 0 Å². The Labute approximate surface area is 170 Å². The molecule has 0 spiro atoms. The lowest BCUT2D eigenvalue weighted by atomic mass is 9.94. The van der Waals surface area contributed by atoms with Crippen molar-refractivity contribution in [1.82, 2.24) is 20.1 Å². The van der Waals surface area contributed by atoms with E-state index in [2.05, 4.69) is 15.0 Å². The Morgan fingerprint density at radius 3 is 2.69 bits per heavy atom. The van der Waals surface area contributed by atoms with E-state index in [4.69, 9.17) is 9.84 Å². The van der Waals surface area contributed by atoms with Gasteiger partial charge < -0.3 is 10.1 Å². The lowest BCUT2D eigenvalue weighted by molar-refractivity contribution is -0.127. The molecular weight excluding hydrogens is 364 g/mol. The third-order valence-electron chi connectivity index (χ3n) is 5.26. The zero-order chi connectivity index (χ0) is 20.1. The largest absolute Gasteiger partial charge is 0.481 e. The second kappa shape index (κ2) is 8.90. The summed E-state index contributed by atoms with van der Waals surface area (Å²) in [4.78, 5) is 16.5. The van der Waals surface area contributed by atoms with Crippen molar-refractivity contribution < 1.29 is 9.53 Å². The topological polar surface area (TPSA) is 69.0 Å². The lowest BCUT2D eigenvalue weighted by Gasteiger charge is -2.16. The van der Waals surface area contributed by atoms with Crippen LogP contribution in [0.3, 0.4) is 0 Å². The molecule has 1 amide bonds. The van der Waals surface area contributed by atoms with E-state index in [1.807, 2.05) is 42.5 Å². The van der Waals surface area contributed by atoms with Gasteiger partial charge in [-0.3, -0.25) is 14.5 Å². The smallest absolute Gasteiger partial charge is 0.260 e. The fourth-order valence-electron chi connectivity index (χ4n) is 3.78. The maximum absolute atomic E-state index is 12.4. The number of para-hydroxylation sites is 1.